The van der Waals surface area contributed by atoms with Crippen molar-refractivity contribution in [1.29, 1.82) is 0 Å². The van der Waals surface area contributed by atoms with E-state index >= 15 is 4.39 Å². The number of urea groups is 1. The van der Waals surface area contributed by atoms with Gasteiger partial charge in [-0.25, -0.2) is 27.6 Å². The van der Waals surface area contributed by atoms with Crippen LogP contribution in [0.2, 0.25) is 0 Å². The second-order valence-corrected chi connectivity index (χ2v) is 13.1. The fraction of sp³-hybridized carbons (Fsp3) is 0.448. The Bertz CT molecular complexity index is 1530. The fourth-order valence-corrected chi connectivity index (χ4v) is 6.61. The van der Waals surface area contributed by atoms with Crippen LogP contribution in [-0.4, -0.2) is 66.5 Å². The summed E-state index contributed by atoms with van der Waals surface area (Å²) >= 11 is 0. The SMILES string of the molecule is CC(C)N1C(=O)N(c2cnc(NS(=O)(=O)Cc3ccccc3)c(F)c2)Cc2cnc(NC3CCC(N(C)C)CC3)nc21. The fourth-order valence-electron chi connectivity index (χ4n) is 5.46. The third-order valence-corrected chi connectivity index (χ3v) is 8.92. The Balaban J connectivity index is 1.32. The molecule has 0 atom stereocenters. The lowest BCUT2D eigenvalue weighted by Gasteiger charge is -2.38. The monoisotopic (exact) mass is 596 g/mol. The molecule has 42 heavy (non-hydrogen) atoms. The lowest BCUT2D eigenvalue weighted by Crippen LogP contribution is -2.51. The van der Waals surface area contributed by atoms with Gasteiger partial charge in [0.25, 0.3) is 0 Å². The van der Waals surface area contributed by atoms with Gasteiger partial charge in [-0.2, -0.15) is 4.98 Å². The van der Waals surface area contributed by atoms with Crippen molar-refractivity contribution in [3.8, 4) is 0 Å². The molecule has 1 aliphatic carbocycles. The molecule has 11 nitrogen and oxygen atoms in total. The second-order valence-electron chi connectivity index (χ2n) is 11.4. The molecule has 1 fully saturated rings. The highest BCUT2D eigenvalue weighted by Gasteiger charge is 2.35. The number of carbonyl (C=O) groups is 1. The van der Waals surface area contributed by atoms with Crippen LogP contribution in [0.4, 0.5) is 32.5 Å². The van der Waals surface area contributed by atoms with Crippen molar-refractivity contribution in [2.45, 2.75) is 70.0 Å². The highest BCUT2D eigenvalue weighted by atomic mass is 32.2. The zero-order valence-corrected chi connectivity index (χ0v) is 25.1. The molecule has 0 radical (unpaired) electrons. The van der Waals surface area contributed by atoms with Crippen LogP contribution in [0.3, 0.4) is 0 Å². The molecule has 1 aliphatic heterocycles. The molecule has 3 heterocycles. The van der Waals surface area contributed by atoms with E-state index in [0.29, 0.717) is 28.9 Å². The molecule has 0 spiro atoms. The number of amides is 2. The number of pyridine rings is 1. The molecular formula is C29H37FN8O3S. The first-order chi connectivity index (χ1) is 20.0. The van der Waals surface area contributed by atoms with Gasteiger partial charge in [0.05, 0.1) is 24.2 Å². The van der Waals surface area contributed by atoms with E-state index < -0.39 is 21.7 Å². The zero-order chi connectivity index (χ0) is 30.0. The van der Waals surface area contributed by atoms with Crippen molar-refractivity contribution in [1.82, 2.24) is 19.9 Å². The van der Waals surface area contributed by atoms with Crippen molar-refractivity contribution >= 4 is 39.3 Å². The summed E-state index contributed by atoms with van der Waals surface area (Å²) in [5.41, 5.74) is 1.46. The minimum Gasteiger partial charge on any atom is -0.351 e. The van der Waals surface area contributed by atoms with E-state index in [4.69, 9.17) is 4.98 Å². The third kappa shape index (κ3) is 6.62. The van der Waals surface area contributed by atoms with Crippen molar-refractivity contribution in [3.05, 3.63) is 65.7 Å². The van der Waals surface area contributed by atoms with Crippen LogP contribution < -0.4 is 19.8 Å². The molecule has 2 aromatic heterocycles. The van der Waals surface area contributed by atoms with Gasteiger partial charge in [0.2, 0.25) is 16.0 Å². The first-order valence-corrected chi connectivity index (χ1v) is 15.8. The quantitative estimate of drug-likeness (QED) is 0.368. The third-order valence-electron chi connectivity index (χ3n) is 7.70. The molecule has 2 N–H and O–H groups in total. The van der Waals surface area contributed by atoms with Crippen LogP contribution in [0.1, 0.15) is 50.7 Å². The maximum absolute atomic E-state index is 15.1. The molecule has 13 heteroatoms. The Morgan fingerprint density at radius 3 is 2.43 bits per heavy atom. The molecule has 2 aliphatic rings. The van der Waals surface area contributed by atoms with Crippen LogP contribution in [0.5, 0.6) is 0 Å². The number of anilines is 4. The van der Waals surface area contributed by atoms with E-state index in [1.54, 1.807) is 41.4 Å². The van der Waals surface area contributed by atoms with Crippen LogP contribution in [0.15, 0.2) is 48.8 Å². The van der Waals surface area contributed by atoms with Gasteiger partial charge in [-0.3, -0.25) is 14.5 Å². The lowest BCUT2D eigenvalue weighted by molar-refractivity contribution is 0.221. The van der Waals surface area contributed by atoms with Crippen LogP contribution >= 0.6 is 0 Å². The van der Waals surface area contributed by atoms with E-state index in [1.807, 2.05) is 13.8 Å². The minimum atomic E-state index is -3.91. The standard InChI is InChI=1S/C29H37FN8O3S/c1-19(2)38-27-21(15-32-28(34-27)33-22-10-12-23(13-11-22)36(3)4)17-37(29(38)39)24-14-25(30)26(31-16-24)35-42(40,41)18-20-8-6-5-7-9-20/h5-9,14-16,19,22-23H,10-13,17-18H2,1-4H3,(H,31,35)(H,32,33,34). The summed E-state index contributed by atoms with van der Waals surface area (Å²) in [5, 5.41) is 3.45. The predicted molar refractivity (Wildman–Crippen MR) is 161 cm³/mol. The maximum Gasteiger partial charge on any atom is 0.330 e. The minimum absolute atomic E-state index is 0.117. The van der Waals surface area contributed by atoms with Gasteiger partial charge in [-0.05, 0) is 59.2 Å². The van der Waals surface area contributed by atoms with Gasteiger partial charge in [-0.15, -0.1) is 0 Å². The second kappa shape index (κ2) is 12.2. The van der Waals surface area contributed by atoms with Gasteiger partial charge in [-0.1, -0.05) is 30.3 Å². The average molecular weight is 597 g/mol. The Morgan fingerprint density at radius 2 is 1.79 bits per heavy atom. The molecule has 0 saturated heterocycles. The van der Waals surface area contributed by atoms with Crippen LogP contribution in [-0.2, 0) is 22.3 Å². The van der Waals surface area contributed by atoms with Gasteiger partial charge in [0, 0.05) is 36.0 Å². The van der Waals surface area contributed by atoms with Crippen LogP contribution in [0, 0.1) is 5.82 Å². The number of hydrogen-bond acceptors (Lipinski definition) is 8. The number of sulfonamides is 1. The summed E-state index contributed by atoms with van der Waals surface area (Å²) in [6.07, 6.45) is 7.20. The number of nitrogens with zero attached hydrogens (tertiary/aromatic N) is 6. The average Bonchev–Trinajstić information content (AvgIpc) is 2.94. The van der Waals surface area contributed by atoms with Crippen molar-refractivity contribution < 1.29 is 17.6 Å². The lowest BCUT2D eigenvalue weighted by atomic mass is 9.91. The van der Waals surface area contributed by atoms with Gasteiger partial charge in [0.1, 0.15) is 5.82 Å². The van der Waals surface area contributed by atoms with E-state index in [-0.39, 0.29) is 36.1 Å². The number of rotatable bonds is 9. The van der Waals surface area contributed by atoms with E-state index in [0.717, 1.165) is 31.7 Å². The molecule has 1 aromatic carbocycles. The molecule has 2 amide bonds. The van der Waals surface area contributed by atoms with Crippen molar-refractivity contribution in [2.75, 3.05) is 33.9 Å². The Hall–Kier alpha value is -3.84. The predicted octanol–water partition coefficient (Wildman–Crippen LogP) is 4.59. The van der Waals surface area contributed by atoms with Gasteiger partial charge < -0.3 is 10.2 Å². The topological polar surface area (TPSA) is 124 Å². The van der Waals surface area contributed by atoms with E-state index in [9.17, 15) is 13.2 Å². The Kier molecular flexibility index (Phi) is 8.60. The summed E-state index contributed by atoms with van der Waals surface area (Å²) in [7, 11) is 0.314. The Morgan fingerprint density at radius 1 is 1.07 bits per heavy atom. The largest absolute Gasteiger partial charge is 0.351 e. The molecule has 3 aromatic rings. The highest BCUT2D eigenvalue weighted by Crippen LogP contribution is 2.33. The normalized spacial score (nSPS) is 19.3. The number of aromatic nitrogens is 3. The maximum atomic E-state index is 15.1. The first kappa shape index (κ1) is 29.6. The van der Waals surface area contributed by atoms with Crippen molar-refractivity contribution in [2.24, 2.45) is 0 Å². The number of halogens is 1. The number of carbonyl (C=O) groups excluding carboxylic acids is 1. The first-order valence-electron chi connectivity index (χ1n) is 14.1. The molecule has 0 bridgehead atoms. The number of fused-ring (bicyclic) bond motifs is 1. The van der Waals surface area contributed by atoms with Gasteiger partial charge >= 0.3 is 6.03 Å². The zero-order valence-electron chi connectivity index (χ0n) is 24.3. The highest BCUT2D eigenvalue weighted by molar-refractivity contribution is 7.91. The summed E-state index contributed by atoms with van der Waals surface area (Å²) in [5.74, 6) is -0.647. The summed E-state index contributed by atoms with van der Waals surface area (Å²) < 4.78 is 42.5. The molecule has 0 unspecified atom stereocenters. The van der Waals surface area contributed by atoms with Crippen molar-refractivity contribution in [3.63, 3.8) is 0 Å². The summed E-state index contributed by atoms with van der Waals surface area (Å²) in [4.78, 5) is 32.2. The smallest absolute Gasteiger partial charge is 0.330 e. The van der Waals surface area contributed by atoms with Gasteiger partial charge in [0.15, 0.2) is 11.6 Å². The number of hydrogen-bond donors (Lipinski definition) is 2. The van der Waals surface area contributed by atoms with E-state index in [2.05, 4.69) is 39.0 Å². The van der Waals surface area contributed by atoms with E-state index in [1.165, 1.54) is 11.1 Å². The number of benzene rings is 1. The Labute approximate surface area is 246 Å². The molecule has 5 rings (SSSR count). The summed E-state index contributed by atoms with van der Waals surface area (Å²) in [6, 6.07) is 9.91. The van der Waals surface area contributed by atoms with Crippen LogP contribution in [0.25, 0.3) is 0 Å². The molecule has 1 saturated carbocycles. The molecular weight excluding hydrogens is 559 g/mol. The summed E-state index contributed by atoms with van der Waals surface area (Å²) in [6.45, 7) is 3.88. The number of nitrogens with one attached hydrogen (secondary N) is 2. The molecule has 224 valence electrons.